The van der Waals surface area contributed by atoms with Crippen LogP contribution in [0.4, 0.5) is 5.69 Å². The summed E-state index contributed by atoms with van der Waals surface area (Å²) in [4.78, 5) is 10.4. The Morgan fingerprint density at radius 2 is 1.92 bits per heavy atom. The zero-order chi connectivity index (χ0) is 16.8. The number of rotatable bonds is 6. The summed E-state index contributed by atoms with van der Waals surface area (Å²) < 4.78 is 5.64. The van der Waals surface area contributed by atoms with Gasteiger partial charge in [0, 0.05) is 17.7 Å². The lowest BCUT2D eigenvalue weighted by atomic mass is 10.1. The summed E-state index contributed by atoms with van der Waals surface area (Å²) in [6.07, 6.45) is 1.57. The molecule has 3 aromatic rings. The van der Waals surface area contributed by atoms with Crippen molar-refractivity contribution < 1.29 is 9.34 Å². The summed E-state index contributed by atoms with van der Waals surface area (Å²) in [5.74, 6) is 1.13. The minimum absolute atomic E-state index is 0.0312. The number of non-ortho nitro benzene ring substituents is 1. The predicted molar refractivity (Wildman–Crippen MR) is 91.7 cm³/mol. The van der Waals surface area contributed by atoms with Crippen LogP contribution in [0, 0.1) is 10.1 Å². The zero-order valence-corrected chi connectivity index (χ0v) is 12.8. The Balaban J connectivity index is 1.64. The fraction of sp³-hybridized carbons (Fsp3) is 0.0556. The van der Waals surface area contributed by atoms with Gasteiger partial charge in [-0.25, -0.2) is 0 Å². The number of benzene rings is 2. The quantitative estimate of drug-likeness (QED) is 0.423. The second-order valence-corrected chi connectivity index (χ2v) is 5.09. The second kappa shape index (κ2) is 7.23. The molecule has 0 bridgehead atoms. The van der Waals surface area contributed by atoms with Crippen molar-refractivity contribution in [2.75, 3.05) is 0 Å². The van der Waals surface area contributed by atoms with Crippen LogP contribution in [0.1, 0.15) is 11.3 Å². The van der Waals surface area contributed by atoms with E-state index in [1.807, 2.05) is 30.3 Å². The maximum atomic E-state index is 10.8. The maximum Gasteiger partial charge on any atom is 0.270 e. The first-order valence-corrected chi connectivity index (χ1v) is 7.37. The van der Waals surface area contributed by atoms with Crippen LogP contribution < -0.4 is 5.43 Å². The van der Waals surface area contributed by atoms with E-state index in [2.05, 4.69) is 10.5 Å². The fourth-order valence-corrected chi connectivity index (χ4v) is 2.19. The Bertz CT molecular complexity index is 857. The van der Waals surface area contributed by atoms with E-state index in [1.54, 1.807) is 30.5 Å². The third kappa shape index (κ3) is 3.86. The third-order valence-corrected chi connectivity index (χ3v) is 3.38. The lowest BCUT2D eigenvalue weighted by Crippen LogP contribution is -2.04. The molecule has 0 aliphatic rings. The molecule has 0 fully saturated rings. The van der Waals surface area contributed by atoms with Crippen molar-refractivity contribution in [3.05, 3.63) is 88.2 Å². The van der Waals surface area contributed by atoms with Crippen LogP contribution in [-0.2, 0) is 6.54 Å². The highest BCUT2D eigenvalue weighted by Crippen LogP contribution is 2.25. The molecule has 0 unspecified atom stereocenters. The molecule has 24 heavy (non-hydrogen) atoms. The van der Waals surface area contributed by atoms with Crippen molar-refractivity contribution in [3.8, 4) is 11.3 Å². The Labute approximate surface area is 138 Å². The molecule has 1 N–H and O–H groups in total. The van der Waals surface area contributed by atoms with E-state index >= 15 is 0 Å². The highest BCUT2D eigenvalue weighted by molar-refractivity contribution is 5.77. The molecule has 0 aliphatic carbocycles. The molecule has 6 heteroatoms. The Morgan fingerprint density at radius 1 is 1.08 bits per heavy atom. The molecule has 0 atom stereocenters. The summed E-state index contributed by atoms with van der Waals surface area (Å²) in [7, 11) is 0. The topological polar surface area (TPSA) is 80.7 Å². The van der Waals surface area contributed by atoms with Crippen LogP contribution in [0.2, 0.25) is 0 Å². The van der Waals surface area contributed by atoms with Gasteiger partial charge in [0.15, 0.2) is 0 Å². The van der Waals surface area contributed by atoms with E-state index in [0.29, 0.717) is 23.6 Å². The molecular weight excluding hydrogens is 306 g/mol. The molecule has 0 aliphatic heterocycles. The highest BCUT2D eigenvalue weighted by atomic mass is 16.6. The smallest absolute Gasteiger partial charge is 0.270 e. The molecule has 2 aromatic carbocycles. The van der Waals surface area contributed by atoms with Gasteiger partial charge in [0.05, 0.1) is 17.7 Å². The van der Waals surface area contributed by atoms with Gasteiger partial charge in [-0.2, -0.15) is 5.10 Å². The standard InChI is InChI=1S/C18H15N3O3/c22-21(23)16-8-4-7-15(11-16)18-10-9-17(24-18)13-20-19-12-14-5-2-1-3-6-14/h1-11,13,19H,12H2. The van der Waals surface area contributed by atoms with E-state index in [1.165, 1.54) is 12.1 Å². The summed E-state index contributed by atoms with van der Waals surface area (Å²) in [6.45, 7) is 0.621. The normalized spacial score (nSPS) is 10.8. The molecular formula is C18H15N3O3. The van der Waals surface area contributed by atoms with Gasteiger partial charge in [0.2, 0.25) is 0 Å². The number of nitro groups is 1. The number of nitrogens with zero attached hydrogens (tertiary/aromatic N) is 2. The van der Waals surface area contributed by atoms with E-state index in [-0.39, 0.29) is 5.69 Å². The van der Waals surface area contributed by atoms with E-state index in [0.717, 1.165) is 5.56 Å². The molecule has 120 valence electrons. The van der Waals surface area contributed by atoms with E-state index in [9.17, 15) is 10.1 Å². The monoisotopic (exact) mass is 321 g/mol. The molecule has 0 amide bonds. The average Bonchev–Trinajstić information content (AvgIpc) is 3.09. The average molecular weight is 321 g/mol. The van der Waals surface area contributed by atoms with Crippen molar-refractivity contribution in [1.29, 1.82) is 0 Å². The van der Waals surface area contributed by atoms with Crippen LogP contribution in [0.3, 0.4) is 0 Å². The molecule has 1 aromatic heterocycles. The number of hydrogen-bond acceptors (Lipinski definition) is 5. The minimum atomic E-state index is -0.428. The van der Waals surface area contributed by atoms with Gasteiger partial charge in [-0.05, 0) is 17.7 Å². The number of furan rings is 1. The zero-order valence-electron chi connectivity index (χ0n) is 12.8. The molecule has 1 heterocycles. The molecule has 6 nitrogen and oxygen atoms in total. The fourth-order valence-electron chi connectivity index (χ4n) is 2.19. The molecule has 3 rings (SSSR count). The van der Waals surface area contributed by atoms with Gasteiger partial charge < -0.3 is 9.84 Å². The van der Waals surface area contributed by atoms with Crippen molar-refractivity contribution in [2.45, 2.75) is 6.54 Å². The third-order valence-electron chi connectivity index (χ3n) is 3.38. The first kappa shape index (κ1) is 15.5. The minimum Gasteiger partial charge on any atom is -0.455 e. The van der Waals surface area contributed by atoms with Crippen molar-refractivity contribution in [2.24, 2.45) is 5.10 Å². The van der Waals surface area contributed by atoms with E-state index in [4.69, 9.17) is 4.42 Å². The Morgan fingerprint density at radius 3 is 2.71 bits per heavy atom. The highest BCUT2D eigenvalue weighted by Gasteiger charge is 2.09. The molecule has 0 saturated heterocycles. The van der Waals surface area contributed by atoms with Gasteiger partial charge in [-0.3, -0.25) is 10.1 Å². The Hall–Kier alpha value is -3.41. The van der Waals surface area contributed by atoms with Crippen molar-refractivity contribution >= 4 is 11.9 Å². The van der Waals surface area contributed by atoms with Crippen LogP contribution in [-0.4, -0.2) is 11.1 Å². The summed E-state index contributed by atoms with van der Waals surface area (Å²) in [6, 6.07) is 19.8. The van der Waals surface area contributed by atoms with E-state index < -0.39 is 4.92 Å². The van der Waals surface area contributed by atoms with Gasteiger partial charge in [0.25, 0.3) is 5.69 Å². The first-order valence-electron chi connectivity index (χ1n) is 7.37. The largest absolute Gasteiger partial charge is 0.455 e. The maximum absolute atomic E-state index is 10.8. The summed E-state index contributed by atoms with van der Waals surface area (Å²) >= 11 is 0. The summed E-state index contributed by atoms with van der Waals surface area (Å²) in [5, 5.41) is 14.9. The Kier molecular flexibility index (Phi) is 4.67. The van der Waals surface area contributed by atoms with Crippen molar-refractivity contribution in [3.63, 3.8) is 0 Å². The molecule has 0 spiro atoms. The van der Waals surface area contributed by atoms with Crippen molar-refractivity contribution in [1.82, 2.24) is 5.43 Å². The number of nitro benzene ring substituents is 1. The number of hydrogen-bond donors (Lipinski definition) is 1. The van der Waals surface area contributed by atoms with Crippen LogP contribution in [0.25, 0.3) is 11.3 Å². The van der Waals surface area contributed by atoms with Crippen LogP contribution >= 0.6 is 0 Å². The number of nitrogens with one attached hydrogen (secondary N) is 1. The summed E-state index contributed by atoms with van der Waals surface area (Å²) in [5.41, 5.74) is 4.76. The predicted octanol–water partition coefficient (Wildman–Crippen LogP) is 3.98. The van der Waals surface area contributed by atoms with Gasteiger partial charge in [0.1, 0.15) is 11.5 Å². The first-order chi connectivity index (χ1) is 11.7. The van der Waals surface area contributed by atoms with Gasteiger partial charge in [-0.1, -0.05) is 42.5 Å². The second-order valence-electron chi connectivity index (χ2n) is 5.09. The molecule has 0 saturated carbocycles. The van der Waals surface area contributed by atoms with Crippen LogP contribution in [0.15, 0.2) is 76.2 Å². The number of hydrazone groups is 1. The van der Waals surface area contributed by atoms with Crippen LogP contribution in [0.5, 0.6) is 0 Å². The van der Waals surface area contributed by atoms with Gasteiger partial charge in [-0.15, -0.1) is 0 Å². The SMILES string of the molecule is O=[N+]([O-])c1cccc(-c2ccc(C=NNCc3ccccc3)o2)c1. The lowest BCUT2D eigenvalue weighted by Gasteiger charge is -1.99. The van der Waals surface area contributed by atoms with Gasteiger partial charge >= 0.3 is 0 Å². The molecule has 0 radical (unpaired) electrons. The lowest BCUT2D eigenvalue weighted by molar-refractivity contribution is -0.384.